The van der Waals surface area contributed by atoms with E-state index in [4.69, 9.17) is 15.0 Å². The fourth-order valence-electron chi connectivity index (χ4n) is 1.79. The Bertz CT molecular complexity index is 317. The minimum atomic E-state index is -3.23. The second-order valence-electron chi connectivity index (χ2n) is 5.04. The number of carbonyl (C=O) groups is 1. The van der Waals surface area contributed by atoms with E-state index in [1.165, 1.54) is 44.9 Å². The molecule has 0 aromatic heterocycles. The maximum atomic E-state index is 10.6. The molecule has 0 aliphatic heterocycles. The molecule has 21 heavy (non-hydrogen) atoms. The zero-order valence-electron chi connectivity index (χ0n) is 13.9. The predicted molar refractivity (Wildman–Crippen MR) is 80.5 cm³/mol. The molecule has 2 N–H and O–H groups in total. The van der Waals surface area contributed by atoms with Gasteiger partial charge in [-0.3, -0.25) is 0 Å². The van der Waals surface area contributed by atoms with Crippen LogP contribution in [-0.2, 0) is 14.8 Å². The van der Waals surface area contributed by atoms with Crippen molar-refractivity contribution in [1.82, 2.24) is 0 Å². The first-order chi connectivity index (χ1) is 9.29. The van der Waals surface area contributed by atoms with Gasteiger partial charge in [-0.2, -0.15) is 0 Å². The van der Waals surface area contributed by atoms with E-state index in [0.717, 1.165) is 19.8 Å². The summed E-state index contributed by atoms with van der Waals surface area (Å²) < 4.78 is 21.3. The first-order valence-corrected chi connectivity index (χ1v) is 9.19. The largest absolute Gasteiger partial charge is 1.00 e. The molecule has 7 heteroatoms. The molecular formula is C14H30NNaO4S. The number of carboxylic acid groups (broad SMARTS) is 1. The number of hydrogen-bond acceptors (Lipinski definition) is 4. The van der Waals surface area contributed by atoms with Crippen molar-refractivity contribution in [2.75, 3.05) is 5.75 Å². The number of nitrogens with two attached hydrogens (primary N) is 1. The Balaban J connectivity index is -0.000000572. The van der Waals surface area contributed by atoms with E-state index in [-0.39, 0.29) is 35.3 Å². The third kappa shape index (κ3) is 38.5. The normalized spacial score (nSPS) is 10.2. The van der Waals surface area contributed by atoms with Gasteiger partial charge in [0, 0.05) is 5.97 Å². The number of sulfonamides is 1. The average Bonchev–Trinajstić information content (AvgIpc) is 2.29. The molecule has 0 heterocycles. The van der Waals surface area contributed by atoms with Crippen LogP contribution in [0.3, 0.4) is 0 Å². The molecule has 0 atom stereocenters. The van der Waals surface area contributed by atoms with Crippen molar-refractivity contribution in [2.45, 2.75) is 78.1 Å². The van der Waals surface area contributed by atoms with E-state index >= 15 is 0 Å². The van der Waals surface area contributed by atoms with Crippen LogP contribution >= 0.6 is 0 Å². The monoisotopic (exact) mass is 331 g/mol. The Labute approximate surface area is 152 Å². The van der Waals surface area contributed by atoms with Crippen molar-refractivity contribution < 1.29 is 47.9 Å². The van der Waals surface area contributed by atoms with E-state index in [0.29, 0.717) is 6.42 Å². The van der Waals surface area contributed by atoms with E-state index in [9.17, 15) is 8.42 Å². The van der Waals surface area contributed by atoms with E-state index in [1.54, 1.807) is 0 Å². The summed E-state index contributed by atoms with van der Waals surface area (Å²) in [5.41, 5.74) is 0. The van der Waals surface area contributed by atoms with Crippen LogP contribution in [0.2, 0.25) is 0 Å². The van der Waals surface area contributed by atoms with Crippen LogP contribution in [0, 0.1) is 0 Å². The Kier molecular flexibility index (Phi) is 23.1. The molecule has 122 valence electrons. The zero-order valence-corrected chi connectivity index (χ0v) is 16.7. The summed E-state index contributed by atoms with van der Waals surface area (Å²) in [7, 11) is -3.23. The van der Waals surface area contributed by atoms with Crippen LogP contribution in [-0.4, -0.2) is 20.1 Å². The fraction of sp³-hybridized carbons (Fsp3) is 0.929. The molecule has 0 spiro atoms. The molecule has 0 saturated carbocycles. The summed E-state index contributed by atoms with van der Waals surface area (Å²) in [5, 5.41) is 13.8. The van der Waals surface area contributed by atoms with Gasteiger partial charge in [-0.05, 0) is 13.3 Å². The second kappa shape index (κ2) is 18.4. The topological polar surface area (TPSA) is 100 Å². The molecule has 0 aliphatic rings. The van der Waals surface area contributed by atoms with Crippen molar-refractivity contribution in [3.05, 3.63) is 0 Å². The molecule has 0 radical (unpaired) electrons. The molecular weight excluding hydrogens is 301 g/mol. The molecule has 0 amide bonds. The van der Waals surface area contributed by atoms with Crippen LogP contribution in [0.1, 0.15) is 78.1 Å². The molecule has 0 aromatic carbocycles. The summed E-state index contributed by atoms with van der Waals surface area (Å²) in [6.45, 7) is 3.20. The van der Waals surface area contributed by atoms with Crippen LogP contribution in [0.4, 0.5) is 0 Å². The Morgan fingerprint density at radius 1 is 0.905 bits per heavy atom. The maximum absolute atomic E-state index is 10.6. The number of primary sulfonamides is 1. The number of carboxylic acids is 1. The number of aliphatic carboxylic acids is 1. The fourth-order valence-corrected chi connectivity index (χ4v) is 2.40. The van der Waals surface area contributed by atoms with Crippen molar-refractivity contribution >= 4 is 16.0 Å². The van der Waals surface area contributed by atoms with E-state index in [1.807, 2.05) is 0 Å². The van der Waals surface area contributed by atoms with Gasteiger partial charge in [-0.15, -0.1) is 0 Å². The third-order valence-electron chi connectivity index (χ3n) is 2.78. The summed E-state index contributed by atoms with van der Waals surface area (Å²) >= 11 is 0. The van der Waals surface area contributed by atoms with Crippen LogP contribution < -0.4 is 39.8 Å². The summed E-state index contributed by atoms with van der Waals surface area (Å²) in [4.78, 5) is 8.89. The molecule has 0 fully saturated rings. The second-order valence-corrected chi connectivity index (χ2v) is 6.77. The van der Waals surface area contributed by atoms with Gasteiger partial charge < -0.3 is 9.90 Å². The minimum absolute atomic E-state index is 0. The number of carbonyl (C=O) groups excluding carboxylic acids is 1. The Hall–Kier alpha value is 0.380. The molecule has 0 aliphatic carbocycles. The average molecular weight is 331 g/mol. The van der Waals surface area contributed by atoms with Gasteiger partial charge in [-0.1, -0.05) is 64.7 Å². The summed E-state index contributed by atoms with van der Waals surface area (Å²) in [5.74, 6) is -0.941. The van der Waals surface area contributed by atoms with Crippen molar-refractivity contribution in [3.8, 4) is 0 Å². The van der Waals surface area contributed by atoms with Crippen molar-refractivity contribution in [3.63, 3.8) is 0 Å². The molecule has 0 saturated heterocycles. The smallest absolute Gasteiger partial charge is 0.550 e. The van der Waals surface area contributed by atoms with Crippen LogP contribution in [0.25, 0.3) is 0 Å². The quantitative estimate of drug-likeness (QED) is 0.386. The zero-order chi connectivity index (χ0) is 15.9. The van der Waals surface area contributed by atoms with E-state index < -0.39 is 16.0 Å². The predicted octanol–water partition coefficient (Wildman–Crippen LogP) is -1.04. The van der Waals surface area contributed by atoms with Crippen LogP contribution in [0.5, 0.6) is 0 Å². The number of rotatable bonds is 11. The Morgan fingerprint density at radius 2 is 1.19 bits per heavy atom. The van der Waals surface area contributed by atoms with Gasteiger partial charge in [0.05, 0.1) is 5.75 Å². The van der Waals surface area contributed by atoms with Gasteiger partial charge in [0.2, 0.25) is 10.0 Å². The first-order valence-electron chi connectivity index (χ1n) is 7.47. The molecule has 0 rings (SSSR count). The molecule has 5 nitrogen and oxygen atoms in total. The Morgan fingerprint density at radius 3 is 1.48 bits per heavy atom. The summed E-state index contributed by atoms with van der Waals surface area (Å²) in [6.07, 6.45) is 12.1. The maximum Gasteiger partial charge on any atom is 1.00 e. The van der Waals surface area contributed by atoms with Crippen molar-refractivity contribution in [2.24, 2.45) is 5.14 Å². The van der Waals surface area contributed by atoms with Gasteiger partial charge >= 0.3 is 29.6 Å². The van der Waals surface area contributed by atoms with Gasteiger partial charge in [0.1, 0.15) is 0 Å². The number of unbranched alkanes of at least 4 members (excludes halogenated alkanes) is 9. The molecule has 0 aromatic rings. The third-order valence-corrected chi connectivity index (χ3v) is 3.64. The van der Waals surface area contributed by atoms with Gasteiger partial charge in [0.25, 0.3) is 0 Å². The molecule has 0 bridgehead atoms. The van der Waals surface area contributed by atoms with Crippen molar-refractivity contribution in [1.29, 1.82) is 0 Å². The number of hydrogen-bond donors (Lipinski definition) is 1. The minimum Gasteiger partial charge on any atom is -0.550 e. The summed E-state index contributed by atoms with van der Waals surface area (Å²) in [6, 6.07) is 0. The standard InChI is InChI=1S/C12H27NO2S.C2H4O2.Na/c1-2-3-4-5-6-7-8-9-10-11-12-16(13,14)15;1-2(3)4;/h2-12H2,1H3,(H2,13,14,15);1H3,(H,3,4);/q;;+1/p-1. The van der Waals surface area contributed by atoms with Gasteiger partial charge in [0.15, 0.2) is 0 Å². The molecule has 0 unspecified atom stereocenters. The first kappa shape index (κ1) is 26.3. The van der Waals surface area contributed by atoms with E-state index in [2.05, 4.69) is 6.92 Å². The SMILES string of the molecule is CC(=O)[O-].CCCCCCCCCCCCS(N)(=O)=O.[Na+]. The van der Waals surface area contributed by atoms with Crippen LogP contribution in [0.15, 0.2) is 0 Å². The van der Waals surface area contributed by atoms with Gasteiger partial charge in [-0.25, -0.2) is 13.6 Å².